The van der Waals surface area contributed by atoms with Gasteiger partial charge in [-0.3, -0.25) is 4.79 Å². The molecular formula is C22H25NO3. The van der Waals surface area contributed by atoms with Gasteiger partial charge in [0.15, 0.2) is 5.78 Å². The molecule has 4 rings (SSSR count). The van der Waals surface area contributed by atoms with Gasteiger partial charge in [0.05, 0.1) is 0 Å². The van der Waals surface area contributed by atoms with Crippen LogP contribution in [0.25, 0.3) is 0 Å². The fourth-order valence-electron chi connectivity index (χ4n) is 4.48. The van der Waals surface area contributed by atoms with Crippen molar-refractivity contribution < 1.29 is 14.3 Å². The zero-order valence-electron chi connectivity index (χ0n) is 15.4. The minimum atomic E-state index is -0.320. The predicted molar refractivity (Wildman–Crippen MR) is 99.6 cm³/mol. The number of carbonyl (C=O) groups is 2. The number of benzene rings is 1. The first-order chi connectivity index (χ1) is 12.5. The summed E-state index contributed by atoms with van der Waals surface area (Å²) in [5.74, 6) is 0.364. The standard InChI is InChI=1S/C22H25NO3/c1-13-7-6-10-19(13)26-22(25)21-14(2)20-17(23-21)11-16(12-18(20)24)15-8-4-3-5-9-15/h3-5,8-9,13,16,19,23H,6-7,10-12H2,1-2H3/t13-,16+,19-/m1/s1. The second-order valence-electron chi connectivity index (χ2n) is 7.77. The number of H-pyrrole nitrogens is 1. The monoisotopic (exact) mass is 351 g/mol. The van der Waals surface area contributed by atoms with Crippen molar-refractivity contribution in [1.29, 1.82) is 0 Å². The molecule has 1 fully saturated rings. The number of hydrogen-bond donors (Lipinski definition) is 1. The van der Waals surface area contributed by atoms with E-state index in [1.807, 2.05) is 25.1 Å². The molecule has 3 atom stereocenters. The second kappa shape index (κ2) is 6.75. The summed E-state index contributed by atoms with van der Waals surface area (Å²) in [6, 6.07) is 10.1. The van der Waals surface area contributed by atoms with Gasteiger partial charge in [0.25, 0.3) is 0 Å². The van der Waals surface area contributed by atoms with Gasteiger partial charge in [0.1, 0.15) is 11.8 Å². The molecule has 2 aliphatic carbocycles. The topological polar surface area (TPSA) is 59.2 Å². The van der Waals surface area contributed by atoms with Gasteiger partial charge in [-0.05, 0) is 55.6 Å². The summed E-state index contributed by atoms with van der Waals surface area (Å²) in [5, 5.41) is 0. The largest absolute Gasteiger partial charge is 0.457 e. The average Bonchev–Trinajstić information content (AvgIpc) is 3.19. The summed E-state index contributed by atoms with van der Waals surface area (Å²) in [6.07, 6.45) is 4.38. The third-order valence-electron chi connectivity index (χ3n) is 6.01. The van der Waals surface area contributed by atoms with Crippen molar-refractivity contribution in [3.63, 3.8) is 0 Å². The highest BCUT2D eigenvalue weighted by Crippen LogP contribution is 2.35. The number of fused-ring (bicyclic) bond motifs is 1. The predicted octanol–water partition coefficient (Wildman–Crippen LogP) is 4.58. The van der Waals surface area contributed by atoms with Crippen LogP contribution in [0.2, 0.25) is 0 Å². The number of aromatic amines is 1. The van der Waals surface area contributed by atoms with Crippen LogP contribution in [0.15, 0.2) is 30.3 Å². The first-order valence-corrected chi connectivity index (χ1v) is 9.55. The van der Waals surface area contributed by atoms with E-state index in [4.69, 9.17) is 4.74 Å². The molecule has 0 unspecified atom stereocenters. The number of ketones is 1. The van der Waals surface area contributed by atoms with Gasteiger partial charge in [-0.15, -0.1) is 0 Å². The Kier molecular flexibility index (Phi) is 4.43. The van der Waals surface area contributed by atoms with E-state index in [-0.39, 0.29) is 23.8 Å². The first-order valence-electron chi connectivity index (χ1n) is 9.55. The van der Waals surface area contributed by atoms with Crippen LogP contribution in [0.3, 0.4) is 0 Å². The fraction of sp³-hybridized carbons (Fsp3) is 0.455. The van der Waals surface area contributed by atoms with E-state index in [2.05, 4.69) is 24.0 Å². The molecule has 4 nitrogen and oxygen atoms in total. The highest BCUT2D eigenvalue weighted by atomic mass is 16.5. The number of ether oxygens (including phenoxy) is 1. The van der Waals surface area contributed by atoms with Crippen LogP contribution in [-0.2, 0) is 11.2 Å². The molecule has 2 aliphatic rings. The van der Waals surface area contributed by atoms with E-state index < -0.39 is 0 Å². The van der Waals surface area contributed by atoms with Crippen LogP contribution < -0.4 is 0 Å². The Morgan fingerprint density at radius 1 is 1.15 bits per heavy atom. The molecule has 26 heavy (non-hydrogen) atoms. The van der Waals surface area contributed by atoms with Crippen molar-refractivity contribution >= 4 is 11.8 Å². The Bertz CT molecular complexity index is 837. The van der Waals surface area contributed by atoms with Gasteiger partial charge >= 0.3 is 5.97 Å². The van der Waals surface area contributed by atoms with Crippen LogP contribution in [0.5, 0.6) is 0 Å². The van der Waals surface area contributed by atoms with Crippen LogP contribution in [0.4, 0.5) is 0 Å². The highest BCUT2D eigenvalue weighted by molar-refractivity contribution is 6.03. The number of esters is 1. The summed E-state index contributed by atoms with van der Waals surface area (Å²) < 4.78 is 5.73. The molecule has 4 heteroatoms. The second-order valence-corrected chi connectivity index (χ2v) is 7.77. The Morgan fingerprint density at radius 2 is 1.92 bits per heavy atom. The van der Waals surface area contributed by atoms with Crippen molar-refractivity contribution in [3.8, 4) is 0 Å². The van der Waals surface area contributed by atoms with Gasteiger partial charge in [-0.2, -0.15) is 0 Å². The van der Waals surface area contributed by atoms with Crippen LogP contribution >= 0.6 is 0 Å². The molecular weight excluding hydrogens is 326 g/mol. The van der Waals surface area contributed by atoms with Crippen molar-refractivity contribution in [1.82, 2.24) is 4.98 Å². The summed E-state index contributed by atoms with van der Waals surface area (Å²) >= 11 is 0. The lowest BCUT2D eigenvalue weighted by atomic mass is 9.81. The maximum Gasteiger partial charge on any atom is 0.355 e. The van der Waals surface area contributed by atoms with E-state index in [0.717, 1.165) is 36.9 Å². The van der Waals surface area contributed by atoms with Gasteiger partial charge in [0.2, 0.25) is 0 Å². The Hall–Kier alpha value is -2.36. The third-order valence-corrected chi connectivity index (χ3v) is 6.01. The zero-order chi connectivity index (χ0) is 18.3. The number of Topliss-reactive ketones (excluding diaryl/α,β-unsaturated/α-hetero) is 1. The number of rotatable bonds is 3. The normalized spacial score (nSPS) is 25.2. The molecule has 0 radical (unpaired) electrons. The molecule has 0 amide bonds. The fourth-order valence-corrected chi connectivity index (χ4v) is 4.48. The molecule has 1 saturated carbocycles. The maximum atomic E-state index is 12.8. The maximum absolute atomic E-state index is 12.8. The van der Waals surface area contributed by atoms with Gasteiger partial charge < -0.3 is 9.72 Å². The van der Waals surface area contributed by atoms with Crippen LogP contribution in [0.1, 0.15) is 76.2 Å². The van der Waals surface area contributed by atoms with Crippen molar-refractivity contribution in [2.24, 2.45) is 5.92 Å². The lowest BCUT2D eigenvalue weighted by molar-refractivity contribution is 0.0219. The molecule has 1 N–H and O–H groups in total. The molecule has 1 aromatic heterocycles. The van der Waals surface area contributed by atoms with E-state index in [9.17, 15) is 9.59 Å². The molecule has 1 aromatic carbocycles. The summed E-state index contributed by atoms with van der Waals surface area (Å²) in [4.78, 5) is 28.7. The molecule has 0 saturated heterocycles. The van der Waals surface area contributed by atoms with Crippen molar-refractivity contribution in [2.45, 2.75) is 58.0 Å². The SMILES string of the molecule is Cc1c(C(=O)O[C@@H]2CCC[C@H]2C)[nH]c2c1C(=O)C[C@@H](c1ccccc1)C2. The number of carbonyl (C=O) groups excluding carboxylic acids is 2. The highest BCUT2D eigenvalue weighted by Gasteiger charge is 2.34. The van der Waals surface area contributed by atoms with Gasteiger partial charge in [-0.1, -0.05) is 37.3 Å². The van der Waals surface area contributed by atoms with E-state index in [1.54, 1.807) is 0 Å². The number of nitrogens with one attached hydrogen (secondary N) is 1. The summed E-state index contributed by atoms with van der Waals surface area (Å²) in [5.41, 5.74) is 3.94. The number of aromatic nitrogens is 1. The Morgan fingerprint density at radius 3 is 2.62 bits per heavy atom. The molecule has 1 heterocycles. The first kappa shape index (κ1) is 17.1. The smallest absolute Gasteiger partial charge is 0.355 e. The summed E-state index contributed by atoms with van der Waals surface area (Å²) in [6.45, 7) is 3.98. The summed E-state index contributed by atoms with van der Waals surface area (Å²) in [7, 11) is 0. The lowest BCUT2D eigenvalue weighted by Crippen LogP contribution is -2.21. The van der Waals surface area contributed by atoms with Gasteiger partial charge in [-0.25, -0.2) is 4.79 Å². The Balaban J connectivity index is 1.59. The molecule has 2 aromatic rings. The molecule has 0 bridgehead atoms. The Labute approximate surface area is 154 Å². The minimum Gasteiger partial charge on any atom is -0.457 e. The lowest BCUT2D eigenvalue weighted by Gasteiger charge is -2.22. The van der Waals surface area contributed by atoms with Crippen molar-refractivity contribution in [3.05, 3.63) is 58.4 Å². The average molecular weight is 351 g/mol. The molecule has 0 aliphatic heterocycles. The van der Waals surface area contributed by atoms with E-state index in [0.29, 0.717) is 23.6 Å². The van der Waals surface area contributed by atoms with Crippen molar-refractivity contribution in [2.75, 3.05) is 0 Å². The van der Waals surface area contributed by atoms with E-state index in [1.165, 1.54) is 5.56 Å². The molecule has 136 valence electrons. The third kappa shape index (κ3) is 2.98. The van der Waals surface area contributed by atoms with Crippen LogP contribution in [0, 0.1) is 12.8 Å². The molecule has 0 spiro atoms. The number of hydrogen-bond acceptors (Lipinski definition) is 3. The van der Waals surface area contributed by atoms with Crippen LogP contribution in [-0.4, -0.2) is 22.8 Å². The quantitative estimate of drug-likeness (QED) is 0.823. The zero-order valence-corrected chi connectivity index (χ0v) is 15.4. The van der Waals surface area contributed by atoms with Gasteiger partial charge in [0, 0.05) is 17.7 Å². The minimum absolute atomic E-state index is 0.00463. The van der Waals surface area contributed by atoms with E-state index >= 15 is 0 Å².